The molecule has 0 atom stereocenters. The number of benzene rings is 1. The number of pyridine rings is 1. The number of rotatable bonds is 4. The molecule has 20 heavy (non-hydrogen) atoms. The van der Waals surface area contributed by atoms with Gasteiger partial charge in [-0.15, -0.1) is 0 Å². The van der Waals surface area contributed by atoms with Gasteiger partial charge in [0.1, 0.15) is 5.82 Å². The first-order chi connectivity index (χ1) is 9.78. The molecule has 1 N–H and O–H groups in total. The van der Waals surface area contributed by atoms with Gasteiger partial charge in [0.15, 0.2) is 5.58 Å². The minimum absolute atomic E-state index is 0.345. The van der Waals surface area contributed by atoms with Crippen molar-refractivity contribution < 1.29 is 4.42 Å². The zero-order chi connectivity index (χ0) is 13.9. The Bertz CT molecular complexity index is 772. The Morgan fingerprint density at radius 3 is 2.85 bits per heavy atom. The number of anilines is 1. The molecule has 5 nitrogen and oxygen atoms in total. The molecule has 0 aliphatic carbocycles. The normalized spacial score (nSPS) is 10.8. The summed E-state index contributed by atoms with van der Waals surface area (Å²) in [6.45, 7) is 3.31. The Morgan fingerprint density at radius 2 is 2.10 bits per heavy atom. The molecule has 3 aromatic rings. The first-order valence-corrected chi connectivity index (χ1v) is 6.55. The lowest BCUT2D eigenvalue weighted by Crippen LogP contribution is -2.15. The molecule has 0 aliphatic rings. The molecule has 0 saturated carbocycles. The summed E-state index contributed by atoms with van der Waals surface area (Å²) in [6.07, 6.45) is 1.77. The molecule has 0 amide bonds. The minimum atomic E-state index is -0.345. The molecule has 2 aromatic heterocycles. The highest BCUT2D eigenvalue weighted by Crippen LogP contribution is 2.14. The van der Waals surface area contributed by atoms with Crippen LogP contribution >= 0.6 is 0 Å². The third-order valence-electron chi connectivity index (χ3n) is 3.10. The lowest BCUT2D eigenvalue weighted by molar-refractivity contribution is 0.517. The van der Waals surface area contributed by atoms with Crippen LogP contribution in [0.1, 0.15) is 12.5 Å². The smallest absolute Gasteiger partial charge is 0.408 e. The van der Waals surface area contributed by atoms with E-state index < -0.39 is 0 Å². The molecule has 0 fully saturated rings. The van der Waals surface area contributed by atoms with E-state index in [0.29, 0.717) is 12.1 Å². The van der Waals surface area contributed by atoms with Crippen molar-refractivity contribution in [3.63, 3.8) is 0 Å². The first kappa shape index (κ1) is 12.5. The number of aromatic nitrogens is 2. The maximum atomic E-state index is 11.9. The molecule has 102 valence electrons. The fourth-order valence-electron chi connectivity index (χ4n) is 2.15. The van der Waals surface area contributed by atoms with Gasteiger partial charge >= 0.3 is 5.76 Å². The second-order valence-corrected chi connectivity index (χ2v) is 4.50. The third-order valence-corrected chi connectivity index (χ3v) is 3.10. The predicted molar refractivity (Wildman–Crippen MR) is 78.0 cm³/mol. The van der Waals surface area contributed by atoms with Crippen LogP contribution in [0, 0.1) is 0 Å². The number of fused-ring (bicyclic) bond motifs is 1. The highest BCUT2D eigenvalue weighted by atomic mass is 16.4. The number of hydrogen-bond acceptors (Lipinski definition) is 4. The van der Waals surface area contributed by atoms with E-state index >= 15 is 0 Å². The van der Waals surface area contributed by atoms with Crippen molar-refractivity contribution in [3.05, 3.63) is 58.7 Å². The van der Waals surface area contributed by atoms with Gasteiger partial charge in [-0.3, -0.25) is 4.57 Å². The maximum absolute atomic E-state index is 11.9. The number of nitrogens with one attached hydrogen (secondary N) is 1. The Morgan fingerprint density at radius 1 is 1.25 bits per heavy atom. The summed E-state index contributed by atoms with van der Waals surface area (Å²) in [6, 6.07) is 11.3. The van der Waals surface area contributed by atoms with Gasteiger partial charge in [0, 0.05) is 12.7 Å². The summed E-state index contributed by atoms with van der Waals surface area (Å²) < 4.78 is 6.82. The quantitative estimate of drug-likeness (QED) is 0.790. The van der Waals surface area contributed by atoms with Crippen molar-refractivity contribution in [1.29, 1.82) is 0 Å². The van der Waals surface area contributed by atoms with Crippen molar-refractivity contribution in [2.24, 2.45) is 0 Å². The van der Waals surface area contributed by atoms with Crippen LogP contribution < -0.4 is 11.1 Å². The van der Waals surface area contributed by atoms with E-state index in [1.54, 1.807) is 16.8 Å². The molecule has 2 heterocycles. The van der Waals surface area contributed by atoms with Crippen LogP contribution in [0.5, 0.6) is 0 Å². The maximum Gasteiger partial charge on any atom is 0.420 e. The number of para-hydroxylation sites is 2. The molecular formula is C15H15N3O2. The van der Waals surface area contributed by atoms with Crippen molar-refractivity contribution in [3.8, 4) is 0 Å². The zero-order valence-electron chi connectivity index (χ0n) is 11.2. The molecule has 0 saturated heterocycles. The zero-order valence-corrected chi connectivity index (χ0v) is 11.2. The van der Waals surface area contributed by atoms with Gasteiger partial charge in [-0.25, -0.2) is 9.78 Å². The lowest BCUT2D eigenvalue weighted by Gasteiger charge is -2.05. The Labute approximate surface area is 115 Å². The van der Waals surface area contributed by atoms with Crippen LogP contribution in [0.25, 0.3) is 11.1 Å². The van der Waals surface area contributed by atoms with Gasteiger partial charge in [0.05, 0.1) is 12.1 Å². The predicted octanol–water partition coefficient (Wildman–Crippen LogP) is 2.47. The molecule has 0 aliphatic heterocycles. The van der Waals surface area contributed by atoms with E-state index in [-0.39, 0.29) is 5.76 Å². The topological polar surface area (TPSA) is 60.1 Å². The van der Waals surface area contributed by atoms with Crippen LogP contribution in [0.4, 0.5) is 5.82 Å². The fraction of sp³-hybridized carbons (Fsp3) is 0.200. The van der Waals surface area contributed by atoms with Crippen LogP contribution in [0.3, 0.4) is 0 Å². The van der Waals surface area contributed by atoms with E-state index in [9.17, 15) is 4.79 Å². The van der Waals surface area contributed by atoms with Gasteiger partial charge in [-0.2, -0.15) is 0 Å². The van der Waals surface area contributed by atoms with Gasteiger partial charge in [0.25, 0.3) is 0 Å². The molecule has 0 unspecified atom stereocenters. The van der Waals surface area contributed by atoms with Crippen LogP contribution in [-0.4, -0.2) is 16.1 Å². The molecule has 3 rings (SSSR count). The summed E-state index contributed by atoms with van der Waals surface area (Å²) >= 11 is 0. The highest BCUT2D eigenvalue weighted by Gasteiger charge is 2.08. The Hall–Kier alpha value is -2.56. The molecule has 0 bridgehead atoms. The van der Waals surface area contributed by atoms with E-state index in [2.05, 4.69) is 10.3 Å². The van der Waals surface area contributed by atoms with E-state index in [1.165, 1.54) is 0 Å². The summed E-state index contributed by atoms with van der Waals surface area (Å²) in [5.74, 6) is 0.489. The molecule has 1 aromatic carbocycles. The van der Waals surface area contributed by atoms with E-state index in [4.69, 9.17) is 4.42 Å². The summed E-state index contributed by atoms with van der Waals surface area (Å²) in [4.78, 5) is 16.2. The van der Waals surface area contributed by atoms with Crippen LogP contribution in [0.2, 0.25) is 0 Å². The first-order valence-electron chi connectivity index (χ1n) is 6.55. The average molecular weight is 269 g/mol. The standard InChI is InChI=1S/C15H15N3O2/c1-2-16-14-8-7-11(9-17-14)10-18-12-5-3-4-6-13(12)20-15(18)19/h3-9H,2,10H2,1H3,(H,16,17). The Balaban J connectivity index is 1.93. The monoisotopic (exact) mass is 269 g/mol. The summed E-state index contributed by atoms with van der Waals surface area (Å²) in [5.41, 5.74) is 2.36. The number of hydrogen-bond donors (Lipinski definition) is 1. The van der Waals surface area contributed by atoms with Crippen molar-refractivity contribution in [2.45, 2.75) is 13.5 Å². The Kier molecular flexibility index (Phi) is 3.25. The van der Waals surface area contributed by atoms with E-state index in [0.717, 1.165) is 23.4 Å². The second-order valence-electron chi connectivity index (χ2n) is 4.50. The van der Waals surface area contributed by atoms with E-state index in [1.807, 2.05) is 37.3 Å². The average Bonchev–Trinajstić information content (AvgIpc) is 2.78. The van der Waals surface area contributed by atoms with Crippen molar-refractivity contribution in [2.75, 3.05) is 11.9 Å². The molecule has 5 heteroatoms. The minimum Gasteiger partial charge on any atom is -0.408 e. The van der Waals surface area contributed by atoms with Gasteiger partial charge in [-0.1, -0.05) is 18.2 Å². The van der Waals surface area contributed by atoms with Crippen molar-refractivity contribution in [1.82, 2.24) is 9.55 Å². The van der Waals surface area contributed by atoms with Gasteiger partial charge < -0.3 is 9.73 Å². The van der Waals surface area contributed by atoms with Crippen molar-refractivity contribution >= 4 is 16.9 Å². The lowest BCUT2D eigenvalue weighted by atomic mass is 10.2. The third kappa shape index (κ3) is 2.30. The number of oxazole rings is 1. The molecule has 0 radical (unpaired) electrons. The van der Waals surface area contributed by atoms with Crippen LogP contribution in [-0.2, 0) is 6.54 Å². The van der Waals surface area contributed by atoms with Gasteiger partial charge in [-0.05, 0) is 30.7 Å². The summed E-state index contributed by atoms with van der Waals surface area (Å²) in [7, 11) is 0. The number of nitrogens with zero attached hydrogens (tertiary/aromatic N) is 2. The highest BCUT2D eigenvalue weighted by molar-refractivity contribution is 5.72. The SMILES string of the molecule is CCNc1ccc(Cn2c(=O)oc3ccccc32)cn1. The van der Waals surface area contributed by atoms with Crippen LogP contribution in [0.15, 0.2) is 51.8 Å². The molecule has 0 spiro atoms. The summed E-state index contributed by atoms with van der Waals surface area (Å²) in [5, 5.41) is 3.14. The molecular weight excluding hydrogens is 254 g/mol. The largest absolute Gasteiger partial charge is 0.420 e. The fourth-order valence-corrected chi connectivity index (χ4v) is 2.15. The second kappa shape index (κ2) is 5.21. The van der Waals surface area contributed by atoms with Gasteiger partial charge in [0.2, 0.25) is 0 Å².